The molecule has 9 heteroatoms. The molecule has 1 N–H and O–H groups in total. The molecule has 0 saturated carbocycles. The van der Waals surface area contributed by atoms with Crippen LogP contribution in [0.3, 0.4) is 0 Å². The number of nitrogens with one attached hydrogen (secondary N) is 1. The number of H-pyrrole nitrogens is 1. The Balaban J connectivity index is 1.84. The summed E-state index contributed by atoms with van der Waals surface area (Å²) >= 11 is 1.33. The number of carbonyl (C=O) groups is 2. The van der Waals surface area contributed by atoms with Gasteiger partial charge in [-0.1, -0.05) is 0 Å². The third-order valence-corrected chi connectivity index (χ3v) is 6.05. The molecule has 3 heterocycles. The van der Waals surface area contributed by atoms with Gasteiger partial charge >= 0.3 is 5.97 Å². The molecule has 8 nitrogen and oxygen atoms in total. The normalized spacial score (nSPS) is 11.4. The van der Waals surface area contributed by atoms with Crippen molar-refractivity contribution in [3.8, 4) is 0 Å². The Labute approximate surface area is 184 Å². The largest absolute Gasteiger partial charge is 0.462 e. The van der Waals surface area contributed by atoms with Crippen molar-refractivity contribution in [2.24, 2.45) is 0 Å². The summed E-state index contributed by atoms with van der Waals surface area (Å²) in [7, 11) is 1.63. The molecule has 0 aliphatic carbocycles. The quantitative estimate of drug-likeness (QED) is 0.447. The first-order valence-electron chi connectivity index (χ1n) is 10.0. The lowest BCUT2D eigenvalue weighted by Gasteiger charge is -2.14. The number of hydrogen-bond donors (Lipinski definition) is 1. The van der Waals surface area contributed by atoms with E-state index >= 15 is 0 Å². The highest BCUT2D eigenvalue weighted by Gasteiger charge is 2.22. The first kappa shape index (κ1) is 22.5. The molecule has 0 saturated heterocycles. The Bertz CT molecular complexity index is 1220. The van der Waals surface area contributed by atoms with E-state index in [-0.39, 0.29) is 24.6 Å². The van der Waals surface area contributed by atoms with E-state index in [0.717, 1.165) is 11.4 Å². The highest BCUT2D eigenvalue weighted by atomic mass is 32.1. The molecule has 3 rings (SSSR count). The average molecular weight is 443 g/mol. The van der Waals surface area contributed by atoms with Crippen LogP contribution < -0.4 is 5.56 Å². The van der Waals surface area contributed by atoms with E-state index in [0.29, 0.717) is 33.7 Å². The minimum Gasteiger partial charge on any atom is -0.462 e. The fraction of sp³-hybridized carbons (Fsp3) is 0.364. The molecule has 0 bridgehead atoms. The smallest absolute Gasteiger partial charge is 0.340 e. The standard InChI is InChI=1S/C22H26N4O4S/c1-6-26-13(3)15(19(14(26)4)22(29)30-7-2)8-9-18(27)25(5)12-17-23-16-10-11-31-20(16)21(28)24-17/h8-11H,6-7,12H2,1-5H3,(H,23,24,28)/b9-8+. The molecule has 0 aliphatic heterocycles. The molecule has 0 aromatic carbocycles. The van der Waals surface area contributed by atoms with E-state index in [1.807, 2.05) is 30.7 Å². The van der Waals surface area contributed by atoms with Crippen molar-refractivity contribution in [2.75, 3.05) is 13.7 Å². The highest BCUT2D eigenvalue weighted by Crippen LogP contribution is 2.25. The summed E-state index contributed by atoms with van der Waals surface area (Å²) in [5, 5.41) is 1.81. The third-order valence-electron chi connectivity index (χ3n) is 5.15. The number of aromatic amines is 1. The third kappa shape index (κ3) is 4.46. The summed E-state index contributed by atoms with van der Waals surface area (Å²) in [6, 6.07) is 1.78. The van der Waals surface area contributed by atoms with Crippen LogP contribution in [0.15, 0.2) is 22.3 Å². The molecule has 164 valence electrons. The van der Waals surface area contributed by atoms with Crippen LogP contribution in [0.5, 0.6) is 0 Å². The molecule has 0 atom stereocenters. The summed E-state index contributed by atoms with van der Waals surface area (Å²) in [5.41, 5.74) is 3.25. The molecule has 0 spiro atoms. The van der Waals surface area contributed by atoms with Crippen molar-refractivity contribution in [3.63, 3.8) is 0 Å². The number of thiophene rings is 1. The minimum atomic E-state index is -0.401. The number of nitrogens with zero attached hydrogens (tertiary/aromatic N) is 3. The van der Waals surface area contributed by atoms with Crippen molar-refractivity contribution in [3.05, 3.63) is 56.2 Å². The lowest BCUT2D eigenvalue weighted by molar-refractivity contribution is -0.125. The lowest BCUT2D eigenvalue weighted by atomic mass is 10.1. The van der Waals surface area contributed by atoms with Gasteiger partial charge in [-0.15, -0.1) is 11.3 Å². The van der Waals surface area contributed by atoms with Gasteiger partial charge in [-0.05, 0) is 45.2 Å². The van der Waals surface area contributed by atoms with Crippen LogP contribution >= 0.6 is 11.3 Å². The topological polar surface area (TPSA) is 97.3 Å². The van der Waals surface area contributed by atoms with Crippen LogP contribution in [0.4, 0.5) is 0 Å². The van der Waals surface area contributed by atoms with Gasteiger partial charge in [0.1, 0.15) is 10.5 Å². The number of esters is 1. The maximum atomic E-state index is 12.7. The molecule has 3 aromatic rings. The second-order valence-corrected chi connectivity index (χ2v) is 8.02. The van der Waals surface area contributed by atoms with Gasteiger partial charge in [0.15, 0.2) is 0 Å². The van der Waals surface area contributed by atoms with Crippen LogP contribution in [0.2, 0.25) is 0 Å². The summed E-state index contributed by atoms with van der Waals surface area (Å²) in [6.07, 6.45) is 3.07. The van der Waals surface area contributed by atoms with Crippen molar-refractivity contribution < 1.29 is 14.3 Å². The van der Waals surface area contributed by atoms with Gasteiger partial charge in [0, 0.05) is 36.6 Å². The van der Waals surface area contributed by atoms with Crippen LogP contribution in [0.25, 0.3) is 16.3 Å². The second kappa shape index (κ2) is 9.30. The van der Waals surface area contributed by atoms with Gasteiger partial charge in [-0.2, -0.15) is 0 Å². The molecule has 1 amide bonds. The molecule has 0 aliphatic rings. The molecular weight excluding hydrogens is 416 g/mol. The Morgan fingerprint density at radius 2 is 2.03 bits per heavy atom. The van der Waals surface area contributed by atoms with Gasteiger partial charge in [0.05, 0.1) is 24.2 Å². The van der Waals surface area contributed by atoms with Gasteiger partial charge < -0.3 is 19.2 Å². The van der Waals surface area contributed by atoms with Crippen LogP contribution in [-0.2, 0) is 22.6 Å². The fourth-order valence-electron chi connectivity index (χ4n) is 3.63. The number of rotatable bonds is 7. The molecule has 31 heavy (non-hydrogen) atoms. The predicted octanol–water partition coefficient (Wildman–Crippen LogP) is 3.27. The van der Waals surface area contributed by atoms with Gasteiger partial charge in [0.25, 0.3) is 5.56 Å². The minimum absolute atomic E-state index is 0.156. The Morgan fingerprint density at radius 3 is 2.71 bits per heavy atom. The molecular formula is C22H26N4O4S. The number of fused-ring (bicyclic) bond motifs is 1. The highest BCUT2D eigenvalue weighted by molar-refractivity contribution is 7.17. The monoisotopic (exact) mass is 442 g/mol. The Hall–Kier alpha value is -3.20. The number of carbonyl (C=O) groups excluding carboxylic acids is 2. The number of likely N-dealkylation sites (N-methyl/N-ethyl adjacent to an activating group) is 1. The fourth-order valence-corrected chi connectivity index (χ4v) is 4.35. The van der Waals surface area contributed by atoms with Crippen LogP contribution in [-0.4, -0.2) is 45.0 Å². The summed E-state index contributed by atoms with van der Waals surface area (Å²) in [4.78, 5) is 45.9. The average Bonchev–Trinajstić information content (AvgIpc) is 3.28. The zero-order valence-electron chi connectivity index (χ0n) is 18.3. The number of amides is 1. The molecule has 0 unspecified atom stereocenters. The van der Waals surface area contributed by atoms with E-state index in [4.69, 9.17) is 4.74 Å². The zero-order valence-corrected chi connectivity index (χ0v) is 19.1. The summed E-state index contributed by atoms with van der Waals surface area (Å²) in [5.74, 6) is -0.262. The number of hydrogen-bond acceptors (Lipinski definition) is 6. The van der Waals surface area contributed by atoms with Gasteiger partial charge in [-0.25, -0.2) is 9.78 Å². The molecule has 3 aromatic heterocycles. The van der Waals surface area contributed by atoms with Crippen LogP contribution in [0.1, 0.15) is 47.0 Å². The summed E-state index contributed by atoms with van der Waals surface area (Å²) in [6.45, 7) is 8.68. The lowest BCUT2D eigenvalue weighted by Crippen LogP contribution is -2.26. The SMILES string of the molecule is CCOC(=O)c1c(/C=C/C(=O)N(C)Cc2nc3ccsc3c(=O)[nH]2)c(C)n(CC)c1C. The van der Waals surface area contributed by atoms with Crippen molar-refractivity contribution in [1.29, 1.82) is 0 Å². The van der Waals surface area contributed by atoms with Crippen molar-refractivity contribution in [2.45, 2.75) is 40.8 Å². The first-order chi connectivity index (χ1) is 14.8. The summed E-state index contributed by atoms with van der Waals surface area (Å²) < 4.78 is 7.80. The van der Waals surface area contributed by atoms with E-state index in [2.05, 4.69) is 9.97 Å². The molecule has 0 fully saturated rings. The second-order valence-electron chi connectivity index (χ2n) is 7.10. The Kier molecular flexibility index (Phi) is 6.74. The Morgan fingerprint density at radius 1 is 1.29 bits per heavy atom. The van der Waals surface area contributed by atoms with E-state index in [9.17, 15) is 14.4 Å². The number of aromatic nitrogens is 3. The predicted molar refractivity (Wildman–Crippen MR) is 121 cm³/mol. The van der Waals surface area contributed by atoms with Crippen molar-refractivity contribution in [1.82, 2.24) is 19.4 Å². The first-order valence-corrected chi connectivity index (χ1v) is 10.9. The molecule has 0 radical (unpaired) electrons. The van der Waals surface area contributed by atoms with E-state index in [1.165, 1.54) is 22.3 Å². The van der Waals surface area contributed by atoms with E-state index in [1.54, 1.807) is 26.1 Å². The maximum absolute atomic E-state index is 12.7. The van der Waals surface area contributed by atoms with Gasteiger partial charge in [0.2, 0.25) is 5.91 Å². The van der Waals surface area contributed by atoms with Crippen LogP contribution in [0, 0.1) is 13.8 Å². The van der Waals surface area contributed by atoms with Crippen molar-refractivity contribution >= 4 is 39.5 Å². The zero-order chi connectivity index (χ0) is 22.7. The van der Waals surface area contributed by atoms with Gasteiger partial charge in [-0.3, -0.25) is 9.59 Å². The number of ether oxygens (including phenoxy) is 1. The van der Waals surface area contributed by atoms with E-state index < -0.39 is 5.97 Å². The maximum Gasteiger partial charge on any atom is 0.340 e.